The molecule has 1 aromatic rings. The molecular weight excluding hydrogens is 269 g/mol. The quantitative estimate of drug-likeness (QED) is 0.898. The van der Waals surface area contributed by atoms with Gasteiger partial charge >= 0.3 is 5.97 Å². The summed E-state index contributed by atoms with van der Waals surface area (Å²) < 4.78 is 13.7. The summed E-state index contributed by atoms with van der Waals surface area (Å²) in [5.41, 5.74) is 0.917. The number of benzene rings is 1. The highest BCUT2D eigenvalue weighted by Gasteiger charge is 2.45. The molecule has 0 amide bonds. The fraction of sp³-hybridized carbons (Fsp3) is 0.588. The van der Waals surface area contributed by atoms with E-state index in [1.54, 1.807) is 19.1 Å². The Balaban J connectivity index is 2.16. The minimum Gasteiger partial charge on any atom is -0.481 e. The van der Waals surface area contributed by atoms with Crippen LogP contribution >= 0.6 is 0 Å². The van der Waals surface area contributed by atoms with Crippen molar-refractivity contribution in [3.05, 3.63) is 35.1 Å². The molecule has 21 heavy (non-hydrogen) atoms. The molecule has 4 heteroatoms. The topological polar surface area (TPSA) is 40.5 Å². The zero-order valence-electron chi connectivity index (χ0n) is 13.0. The van der Waals surface area contributed by atoms with Gasteiger partial charge in [0.05, 0.1) is 5.41 Å². The van der Waals surface area contributed by atoms with E-state index in [1.807, 2.05) is 19.9 Å². The number of likely N-dealkylation sites (tertiary alicyclic amines) is 1. The summed E-state index contributed by atoms with van der Waals surface area (Å²) in [4.78, 5) is 13.8. The van der Waals surface area contributed by atoms with E-state index in [1.165, 1.54) is 0 Å². The summed E-state index contributed by atoms with van der Waals surface area (Å²) in [6.45, 7) is 7.09. The Kier molecular flexibility index (Phi) is 4.67. The minimum atomic E-state index is -0.700. The Morgan fingerprint density at radius 1 is 1.52 bits per heavy atom. The van der Waals surface area contributed by atoms with Crippen LogP contribution in [0.25, 0.3) is 0 Å². The Bertz CT molecular complexity index is 532. The first-order chi connectivity index (χ1) is 9.89. The van der Waals surface area contributed by atoms with E-state index in [0.717, 1.165) is 18.5 Å². The molecule has 1 fully saturated rings. The third kappa shape index (κ3) is 3.10. The molecule has 2 atom stereocenters. The number of hydrogen-bond donors (Lipinski definition) is 1. The molecule has 0 aromatic heterocycles. The lowest BCUT2D eigenvalue weighted by atomic mass is 9.82. The summed E-state index contributed by atoms with van der Waals surface area (Å²) in [7, 11) is 0. The van der Waals surface area contributed by atoms with E-state index in [4.69, 9.17) is 0 Å². The van der Waals surface area contributed by atoms with Crippen molar-refractivity contribution in [1.29, 1.82) is 0 Å². The lowest BCUT2D eigenvalue weighted by Gasteiger charge is -2.28. The highest BCUT2D eigenvalue weighted by atomic mass is 19.1. The molecule has 1 aliphatic heterocycles. The third-order valence-corrected chi connectivity index (χ3v) is 4.79. The van der Waals surface area contributed by atoms with Crippen molar-refractivity contribution in [2.45, 2.75) is 46.1 Å². The molecule has 3 nitrogen and oxygen atoms in total. The summed E-state index contributed by atoms with van der Waals surface area (Å²) >= 11 is 0. The van der Waals surface area contributed by atoms with Crippen LogP contribution in [-0.4, -0.2) is 29.1 Å². The van der Waals surface area contributed by atoms with Gasteiger partial charge < -0.3 is 5.11 Å². The second-order valence-corrected chi connectivity index (χ2v) is 6.24. The van der Waals surface area contributed by atoms with Gasteiger partial charge in [0.15, 0.2) is 0 Å². The van der Waals surface area contributed by atoms with Crippen LogP contribution in [0.4, 0.5) is 4.39 Å². The van der Waals surface area contributed by atoms with Crippen molar-refractivity contribution in [3.8, 4) is 0 Å². The molecule has 1 saturated heterocycles. The largest absolute Gasteiger partial charge is 0.481 e. The van der Waals surface area contributed by atoms with Gasteiger partial charge in [-0.3, -0.25) is 9.69 Å². The molecular formula is C17H24FNO2. The van der Waals surface area contributed by atoms with Crippen LogP contribution in [0.5, 0.6) is 0 Å². The highest BCUT2D eigenvalue weighted by molar-refractivity contribution is 5.75. The maximum atomic E-state index is 13.7. The minimum absolute atomic E-state index is 0.0400. The Hall–Kier alpha value is -1.42. The number of carboxylic acid groups (broad SMARTS) is 1. The number of aliphatic carboxylic acids is 1. The fourth-order valence-corrected chi connectivity index (χ4v) is 3.28. The van der Waals surface area contributed by atoms with Crippen molar-refractivity contribution in [3.63, 3.8) is 0 Å². The number of carboxylic acids is 1. The van der Waals surface area contributed by atoms with Crippen LogP contribution in [-0.2, 0) is 4.79 Å². The van der Waals surface area contributed by atoms with Crippen molar-refractivity contribution in [1.82, 2.24) is 4.90 Å². The van der Waals surface area contributed by atoms with Gasteiger partial charge in [-0.2, -0.15) is 0 Å². The summed E-state index contributed by atoms with van der Waals surface area (Å²) in [5.74, 6) is -0.897. The van der Waals surface area contributed by atoms with Crippen molar-refractivity contribution < 1.29 is 14.3 Å². The molecule has 1 aliphatic rings. The van der Waals surface area contributed by atoms with E-state index in [0.29, 0.717) is 24.9 Å². The van der Waals surface area contributed by atoms with Crippen molar-refractivity contribution >= 4 is 5.97 Å². The third-order valence-electron chi connectivity index (χ3n) is 4.79. The first-order valence-electron chi connectivity index (χ1n) is 7.63. The van der Waals surface area contributed by atoms with Gasteiger partial charge in [0.25, 0.3) is 0 Å². The molecule has 1 aromatic carbocycles. The van der Waals surface area contributed by atoms with Gasteiger partial charge in [0, 0.05) is 12.6 Å². The average molecular weight is 293 g/mol. The lowest BCUT2D eigenvalue weighted by Crippen LogP contribution is -2.35. The van der Waals surface area contributed by atoms with Crippen LogP contribution in [0.2, 0.25) is 0 Å². The molecule has 116 valence electrons. The van der Waals surface area contributed by atoms with Gasteiger partial charge in [-0.25, -0.2) is 4.39 Å². The van der Waals surface area contributed by atoms with Crippen LogP contribution in [0, 0.1) is 18.2 Å². The number of carbonyl (C=O) groups is 1. The smallest absolute Gasteiger partial charge is 0.310 e. The molecule has 1 heterocycles. The second-order valence-electron chi connectivity index (χ2n) is 6.24. The second kappa shape index (κ2) is 6.14. The monoisotopic (exact) mass is 293 g/mol. The first-order valence-corrected chi connectivity index (χ1v) is 7.63. The zero-order chi connectivity index (χ0) is 15.6. The fourth-order valence-electron chi connectivity index (χ4n) is 3.28. The van der Waals surface area contributed by atoms with E-state index in [2.05, 4.69) is 4.90 Å². The number of halogens is 1. The SMILES string of the molecule is CCCC1(C(=O)O)CCN(C(C)c2ccc(C)c(F)c2)C1. The predicted molar refractivity (Wildman–Crippen MR) is 80.7 cm³/mol. The van der Waals surface area contributed by atoms with Gasteiger partial charge in [0.1, 0.15) is 5.82 Å². The van der Waals surface area contributed by atoms with Gasteiger partial charge in [-0.1, -0.05) is 25.5 Å². The average Bonchev–Trinajstić information content (AvgIpc) is 2.87. The predicted octanol–water partition coefficient (Wildman–Crippen LogP) is 3.77. The van der Waals surface area contributed by atoms with E-state index < -0.39 is 11.4 Å². The molecule has 2 rings (SSSR count). The van der Waals surface area contributed by atoms with Gasteiger partial charge in [-0.15, -0.1) is 0 Å². The normalized spacial score (nSPS) is 24.2. The molecule has 2 unspecified atom stereocenters. The Morgan fingerprint density at radius 3 is 2.81 bits per heavy atom. The van der Waals surface area contributed by atoms with E-state index >= 15 is 0 Å². The molecule has 1 N–H and O–H groups in total. The summed E-state index contributed by atoms with van der Waals surface area (Å²) in [6, 6.07) is 5.33. The van der Waals surface area contributed by atoms with Crippen LogP contribution in [0.15, 0.2) is 18.2 Å². The number of nitrogens with zero attached hydrogens (tertiary/aromatic N) is 1. The summed E-state index contributed by atoms with van der Waals surface area (Å²) in [5, 5.41) is 9.56. The Morgan fingerprint density at radius 2 is 2.24 bits per heavy atom. The molecule has 0 aliphatic carbocycles. The van der Waals surface area contributed by atoms with Gasteiger partial charge in [0.2, 0.25) is 0 Å². The van der Waals surface area contributed by atoms with E-state index in [-0.39, 0.29) is 11.9 Å². The highest BCUT2D eigenvalue weighted by Crippen LogP contribution is 2.39. The van der Waals surface area contributed by atoms with Crippen LogP contribution in [0.3, 0.4) is 0 Å². The zero-order valence-corrected chi connectivity index (χ0v) is 13.0. The molecule has 0 bridgehead atoms. The molecule has 0 spiro atoms. The summed E-state index contributed by atoms with van der Waals surface area (Å²) in [6.07, 6.45) is 2.25. The maximum Gasteiger partial charge on any atom is 0.310 e. The van der Waals surface area contributed by atoms with Crippen molar-refractivity contribution in [2.75, 3.05) is 13.1 Å². The molecule has 0 saturated carbocycles. The van der Waals surface area contributed by atoms with Crippen LogP contribution in [0.1, 0.15) is 50.3 Å². The van der Waals surface area contributed by atoms with Crippen molar-refractivity contribution in [2.24, 2.45) is 5.41 Å². The number of aryl methyl sites for hydroxylation is 1. The maximum absolute atomic E-state index is 13.7. The van der Waals surface area contributed by atoms with Gasteiger partial charge in [-0.05, 0) is 50.4 Å². The first kappa shape index (κ1) is 16.0. The number of hydrogen-bond acceptors (Lipinski definition) is 2. The van der Waals surface area contributed by atoms with E-state index in [9.17, 15) is 14.3 Å². The number of rotatable bonds is 5. The lowest BCUT2D eigenvalue weighted by molar-refractivity contribution is -0.148. The Labute approximate surface area is 125 Å². The van der Waals surface area contributed by atoms with Crippen LogP contribution < -0.4 is 0 Å². The molecule has 0 radical (unpaired) electrons. The standard InChI is InChI=1S/C17H24FNO2/c1-4-7-17(16(20)21)8-9-19(11-17)13(3)14-6-5-12(2)15(18)10-14/h5-6,10,13H,4,7-9,11H2,1-3H3,(H,20,21).